The Kier molecular flexibility index (Phi) is 17.1. The fraction of sp³-hybridized carbons (Fsp3) is 0.309. The highest BCUT2D eigenvalue weighted by Crippen LogP contribution is 2.35. The lowest BCUT2D eigenvalue weighted by Gasteiger charge is -2.32. The molecule has 0 spiro atoms. The number of hydrogen-bond donors (Lipinski definition) is 1. The largest absolute Gasteiger partial charge is 0.374 e. The highest BCUT2D eigenvalue weighted by molar-refractivity contribution is 5.24. The minimum atomic E-state index is -0.898. The Labute approximate surface area is 382 Å². The molecule has 0 radical (unpaired) electrons. The van der Waals surface area contributed by atoms with Crippen molar-refractivity contribution in [2.45, 2.75) is 94.6 Å². The maximum Gasteiger partial charge on any atom is 0.187 e. The van der Waals surface area contributed by atoms with Gasteiger partial charge in [0.1, 0.15) is 42.7 Å². The minimum Gasteiger partial charge on any atom is -0.374 e. The Morgan fingerprint density at radius 1 is 0.477 bits per heavy atom. The first-order chi connectivity index (χ1) is 32.1. The lowest BCUT2D eigenvalue weighted by Crippen LogP contribution is -2.49. The summed E-state index contributed by atoms with van der Waals surface area (Å²) in [6.45, 7) is 1.91. The number of nitrogens with zero attached hydrogens (tertiary/aromatic N) is 1. The molecular formula is C55H57NO9. The molecule has 1 N–H and O–H groups in total. The van der Waals surface area contributed by atoms with E-state index >= 15 is 0 Å². The fourth-order valence-electron chi connectivity index (χ4n) is 8.18. The molecule has 10 heteroatoms. The molecule has 0 aromatic heterocycles. The van der Waals surface area contributed by atoms with Gasteiger partial charge < -0.3 is 43.1 Å². The summed E-state index contributed by atoms with van der Waals surface area (Å²) in [5.41, 5.74) is 5.93. The second kappa shape index (κ2) is 24.1. The maximum absolute atomic E-state index is 12.6. The quantitative estimate of drug-likeness (QED) is 0.0707. The van der Waals surface area contributed by atoms with Crippen molar-refractivity contribution in [1.82, 2.24) is 5.06 Å². The van der Waals surface area contributed by atoms with E-state index in [1.807, 2.05) is 182 Å². The highest BCUT2D eigenvalue weighted by Gasteiger charge is 2.54. The summed E-state index contributed by atoms with van der Waals surface area (Å²) in [6, 6.07) is 58.0. The van der Waals surface area contributed by atoms with Crippen LogP contribution in [0.4, 0.5) is 0 Å². The van der Waals surface area contributed by atoms with Crippen LogP contribution in [-0.4, -0.2) is 79.0 Å². The molecule has 0 aliphatic carbocycles. The van der Waals surface area contributed by atoms with Crippen molar-refractivity contribution in [2.24, 2.45) is 0 Å². The van der Waals surface area contributed by atoms with E-state index in [-0.39, 0.29) is 26.4 Å². The first-order valence-electron chi connectivity index (χ1n) is 22.2. The predicted octanol–water partition coefficient (Wildman–Crippen LogP) is 8.95. The Hall–Kier alpha value is -5.52. The van der Waals surface area contributed by atoms with Gasteiger partial charge in [0, 0.05) is 7.11 Å². The van der Waals surface area contributed by atoms with Crippen LogP contribution in [0.5, 0.6) is 0 Å². The Balaban J connectivity index is 1.13. The standard InChI is InChI=1S/C55H57NO9/c1-58-55-54(64-39-46-30-18-7-19-31-46)52(62-37-44-26-14-5-15-27-44)48(65-55)33-32-47-51(61-36-43-24-12-4-13-25-43)53(63-38-45-28-16-6-17-29-45)50(56(47)57)49(60-35-42-22-10-3-11-23-42)40-59-34-41-20-8-2-9-21-41/h2-31,47-55,57H,34-40H2,1H3/t47-,48+,49+,50+,51-,52-,53-,54+,55+/m0/s1. The van der Waals surface area contributed by atoms with Gasteiger partial charge in [-0.05, 0) is 33.4 Å². The minimum absolute atomic E-state index is 0.150. The molecule has 6 aromatic carbocycles. The van der Waals surface area contributed by atoms with E-state index in [0.717, 1.165) is 33.4 Å². The van der Waals surface area contributed by atoms with Crippen molar-refractivity contribution in [1.29, 1.82) is 0 Å². The summed E-state index contributed by atoms with van der Waals surface area (Å²) in [7, 11) is 1.59. The van der Waals surface area contributed by atoms with Crippen LogP contribution in [0.3, 0.4) is 0 Å². The van der Waals surface area contributed by atoms with Crippen LogP contribution >= 0.6 is 0 Å². The van der Waals surface area contributed by atoms with Crippen LogP contribution in [0, 0.1) is 11.8 Å². The summed E-state index contributed by atoms with van der Waals surface area (Å²) < 4.78 is 52.4. The van der Waals surface area contributed by atoms with Gasteiger partial charge in [0.05, 0.1) is 52.3 Å². The van der Waals surface area contributed by atoms with Gasteiger partial charge in [-0.2, -0.15) is 5.06 Å². The van der Waals surface area contributed by atoms with Gasteiger partial charge >= 0.3 is 0 Å². The third-order valence-corrected chi connectivity index (χ3v) is 11.6. The predicted molar refractivity (Wildman–Crippen MR) is 246 cm³/mol. The van der Waals surface area contributed by atoms with Gasteiger partial charge in [-0.25, -0.2) is 0 Å². The fourth-order valence-corrected chi connectivity index (χ4v) is 8.18. The lowest BCUT2D eigenvalue weighted by atomic mass is 10.0. The zero-order valence-corrected chi connectivity index (χ0v) is 36.6. The zero-order chi connectivity index (χ0) is 44.5. The number of rotatable bonds is 21. The summed E-state index contributed by atoms with van der Waals surface area (Å²) in [5, 5.41) is 13.9. The number of methoxy groups -OCH3 is 1. The third kappa shape index (κ3) is 12.9. The smallest absolute Gasteiger partial charge is 0.187 e. The van der Waals surface area contributed by atoms with Crippen LogP contribution in [0.25, 0.3) is 0 Å². The average molecular weight is 876 g/mol. The monoisotopic (exact) mass is 875 g/mol. The normalized spacial score (nSPS) is 23.5. The molecule has 2 heterocycles. The van der Waals surface area contributed by atoms with Crippen molar-refractivity contribution in [2.75, 3.05) is 13.7 Å². The summed E-state index contributed by atoms with van der Waals surface area (Å²) >= 11 is 0. The second-order valence-electron chi connectivity index (χ2n) is 16.1. The van der Waals surface area contributed by atoms with Crippen molar-refractivity contribution in [3.8, 4) is 11.8 Å². The van der Waals surface area contributed by atoms with Crippen LogP contribution in [0.2, 0.25) is 0 Å². The molecule has 8 rings (SSSR count). The van der Waals surface area contributed by atoms with E-state index in [1.165, 1.54) is 5.06 Å². The lowest BCUT2D eigenvalue weighted by molar-refractivity contribution is -0.188. The van der Waals surface area contributed by atoms with Gasteiger partial charge in [-0.3, -0.25) is 0 Å². The zero-order valence-electron chi connectivity index (χ0n) is 36.6. The molecule has 0 bridgehead atoms. The van der Waals surface area contributed by atoms with Crippen molar-refractivity contribution < 1.29 is 43.1 Å². The molecule has 10 nitrogen and oxygen atoms in total. The molecule has 2 aliphatic rings. The van der Waals surface area contributed by atoms with E-state index in [4.69, 9.17) is 37.9 Å². The Morgan fingerprint density at radius 2 is 0.862 bits per heavy atom. The average Bonchev–Trinajstić information content (AvgIpc) is 3.84. The second-order valence-corrected chi connectivity index (χ2v) is 16.1. The highest BCUT2D eigenvalue weighted by atomic mass is 16.7. The first kappa shape index (κ1) is 46.0. The third-order valence-electron chi connectivity index (χ3n) is 11.6. The molecule has 65 heavy (non-hydrogen) atoms. The van der Waals surface area contributed by atoms with Gasteiger partial charge in [0.2, 0.25) is 0 Å². The maximum atomic E-state index is 12.6. The molecule has 0 amide bonds. The molecule has 9 atom stereocenters. The molecule has 336 valence electrons. The summed E-state index contributed by atoms with van der Waals surface area (Å²) in [4.78, 5) is 0. The van der Waals surface area contributed by atoms with E-state index in [0.29, 0.717) is 19.8 Å². The van der Waals surface area contributed by atoms with Crippen molar-refractivity contribution in [3.63, 3.8) is 0 Å². The number of hydrogen-bond acceptors (Lipinski definition) is 10. The van der Waals surface area contributed by atoms with E-state index < -0.39 is 55.0 Å². The Bertz CT molecular complexity index is 2320. The summed E-state index contributed by atoms with van der Waals surface area (Å²) in [6.07, 6.45) is -5.01. The molecule has 2 saturated heterocycles. The van der Waals surface area contributed by atoms with Crippen LogP contribution in [0.1, 0.15) is 33.4 Å². The van der Waals surface area contributed by atoms with E-state index in [2.05, 4.69) is 11.8 Å². The molecule has 2 aliphatic heterocycles. The van der Waals surface area contributed by atoms with E-state index in [9.17, 15) is 5.21 Å². The summed E-state index contributed by atoms with van der Waals surface area (Å²) in [5.74, 6) is 6.77. The Morgan fingerprint density at radius 3 is 1.31 bits per heavy atom. The van der Waals surface area contributed by atoms with Gasteiger partial charge in [-0.15, -0.1) is 0 Å². The topological polar surface area (TPSA) is 97.3 Å². The first-order valence-corrected chi connectivity index (χ1v) is 22.2. The molecule has 2 fully saturated rings. The number of benzene rings is 6. The molecular weight excluding hydrogens is 819 g/mol. The van der Waals surface area contributed by atoms with Gasteiger partial charge in [0.25, 0.3) is 0 Å². The van der Waals surface area contributed by atoms with Crippen molar-refractivity contribution in [3.05, 3.63) is 215 Å². The van der Waals surface area contributed by atoms with Crippen molar-refractivity contribution >= 4 is 0 Å². The van der Waals surface area contributed by atoms with Gasteiger partial charge in [0.15, 0.2) is 6.29 Å². The van der Waals surface area contributed by atoms with Gasteiger partial charge in [-0.1, -0.05) is 194 Å². The van der Waals surface area contributed by atoms with Crippen LogP contribution < -0.4 is 0 Å². The molecule has 0 unspecified atom stereocenters. The number of hydroxylamine groups is 2. The van der Waals surface area contributed by atoms with Crippen LogP contribution in [-0.2, 0) is 77.5 Å². The number of ether oxygens (including phenoxy) is 8. The molecule has 6 aromatic rings. The SMILES string of the molecule is CO[C@@H]1O[C@H](C#C[C@H]2[C@H](OCc3ccccc3)[C@@H](OCc3ccccc3)[C@@H]([C@@H](COCc3ccccc3)OCc3ccccc3)N2O)[C@H](OCc2ccccc2)[C@H]1OCc1ccccc1. The van der Waals surface area contributed by atoms with E-state index in [1.54, 1.807) is 7.11 Å². The molecule has 0 saturated carbocycles. The van der Waals surface area contributed by atoms with Crippen LogP contribution in [0.15, 0.2) is 182 Å².